The highest BCUT2D eigenvalue weighted by Gasteiger charge is 2.32. The smallest absolute Gasteiger partial charge is 0.224 e. The van der Waals surface area contributed by atoms with Gasteiger partial charge in [-0.1, -0.05) is 13.8 Å². The maximum Gasteiger partial charge on any atom is 0.224 e. The molecule has 0 unspecified atom stereocenters. The summed E-state index contributed by atoms with van der Waals surface area (Å²) in [4.78, 5) is 21.9. The van der Waals surface area contributed by atoms with Crippen molar-refractivity contribution in [3.05, 3.63) is 30.1 Å². The van der Waals surface area contributed by atoms with Gasteiger partial charge in [0.05, 0.1) is 5.92 Å². The second-order valence-electron chi connectivity index (χ2n) is 8.49. The summed E-state index contributed by atoms with van der Waals surface area (Å²) in [7, 11) is 0. The Kier molecular flexibility index (Phi) is 7.03. The summed E-state index contributed by atoms with van der Waals surface area (Å²) in [6.45, 7) is 11.5. The summed E-state index contributed by atoms with van der Waals surface area (Å²) in [6, 6.07) is 4.16. The SMILES string of the molecule is CC(C)CNC(=O)[C@@H]1C[C@H](CN2CCCC2)CN(Cc2ccncc2)C1. The molecular weight excluding hydrogens is 324 g/mol. The lowest BCUT2D eigenvalue weighted by molar-refractivity contribution is -0.127. The first-order valence-corrected chi connectivity index (χ1v) is 10.2. The molecule has 0 radical (unpaired) electrons. The van der Waals surface area contributed by atoms with E-state index in [0.717, 1.165) is 39.1 Å². The fraction of sp³-hybridized carbons (Fsp3) is 0.714. The molecule has 0 aliphatic carbocycles. The van der Waals surface area contributed by atoms with Gasteiger partial charge in [-0.15, -0.1) is 0 Å². The molecule has 2 aliphatic heterocycles. The Morgan fingerprint density at radius 1 is 1.19 bits per heavy atom. The summed E-state index contributed by atoms with van der Waals surface area (Å²) < 4.78 is 0. The Morgan fingerprint density at radius 3 is 2.62 bits per heavy atom. The minimum absolute atomic E-state index is 0.108. The van der Waals surface area contributed by atoms with Crippen LogP contribution in [-0.2, 0) is 11.3 Å². The van der Waals surface area contributed by atoms with E-state index >= 15 is 0 Å². The van der Waals surface area contributed by atoms with Gasteiger partial charge in [-0.25, -0.2) is 0 Å². The Labute approximate surface area is 158 Å². The minimum atomic E-state index is 0.108. The van der Waals surface area contributed by atoms with Gasteiger partial charge in [0.25, 0.3) is 0 Å². The summed E-state index contributed by atoms with van der Waals surface area (Å²) >= 11 is 0. The molecule has 0 bridgehead atoms. The number of hydrogen-bond acceptors (Lipinski definition) is 4. The molecule has 3 rings (SSSR count). The lowest BCUT2D eigenvalue weighted by atomic mass is 9.87. The third-order valence-electron chi connectivity index (χ3n) is 5.54. The average molecular weight is 359 g/mol. The van der Waals surface area contributed by atoms with Crippen LogP contribution in [-0.4, -0.2) is 60.0 Å². The maximum absolute atomic E-state index is 12.7. The Balaban J connectivity index is 1.62. The molecule has 2 atom stereocenters. The predicted octanol–water partition coefficient (Wildman–Crippen LogP) is 2.39. The van der Waals surface area contributed by atoms with Crippen LogP contribution in [0.25, 0.3) is 0 Å². The molecule has 0 aromatic carbocycles. The molecular formula is C21H34N4O. The van der Waals surface area contributed by atoms with Gasteiger partial charge in [0.1, 0.15) is 0 Å². The Bertz CT molecular complexity index is 556. The monoisotopic (exact) mass is 358 g/mol. The number of nitrogens with zero attached hydrogens (tertiary/aromatic N) is 3. The number of hydrogen-bond donors (Lipinski definition) is 1. The van der Waals surface area contributed by atoms with Gasteiger partial charge in [-0.05, 0) is 61.9 Å². The van der Waals surface area contributed by atoms with E-state index in [1.54, 1.807) is 0 Å². The summed E-state index contributed by atoms with van der Waals surface area (Å²) in [5.74, 6) is 1.43. The van der Waals surface area contributed by atoms with Crippen LogP contribution in [0.15, 0.2) is 24.5 Å². The quantitative estimate of drug-likeness (QED) is 0.813. The zero-order valence-corrected chi connectivity index (χ0v) is 16.4. The standard InChI is InChI=1S/C21H34N4O/c1-17(2)12-23-21(26)20-11-19(14-24-9-3-4-10-24)15-25(16-20)13-18-5-7-22-8-6-18/h5-8,17,19-20H,3-4,9-16H2,1-2H3,(H,23,26)/t19-,20-/m1/s1. The van der Waals surface area contributed by atoms with Crippen LogP contribution in [0.3, 0.4) is 0 Å². The van der Waals surface area contributed by atoms with Crippen molar-refractivity contribution in [1.29, 1.82) is 0 Å². The number of rotatable bonds is 7. The number of piperidine rings is 1. The number of likely N-dealkylation sites (tertiary alicyclic amines) is 2. The number of carbonyl (C=O) groups excluding carboxylic acids is 1. The van der Waals surface area contributed by atoms with E-state index in [-0.39, 0.29) is 11.8 Å². The van der Waals surface area contributed by atoms with E-state index < -0.39 is 0 Å². The molecule has 0 spiro atoms. The van der Waals surface area contributed by atoms with Gasteiger partial charge in [0.15, 0.2) is 0 Å². The molecule has 5 nitrogen and oxygen atoms in total. The predicted molar refractivity (Wildman–Crippen MR) is 105 cm³/mol. The van der Waals surface area contributed by atoms with Gasteiger partial charge in [0.2, 0.25) is 5.91 Å². The third kappa shape index (κ3) is 5.78. The van der Waals surface area contributed by atoms with Crippen LogP contribution >= 0.6 is 0 Å². The van der Waals surface area contributed by atoms with Crippen LogP contribution in [0.2, 0.25) is 0 Å². The number of pyridine rings is 1. The van der Waals surface area contributed by atoms with Gasteiger partial charge in [0, 0.05) is 45.1 Å². The molecule has 144 valence electrons. The van der Waals surface area contributed by atoms with Crippen LogP contribution in [0, 0.1) is 17.8 Å². The normalized spacial score (nSPS) is 24.9. The fourth-order valence-electron chi connectivity index (χ4n) is 4.28. The van der Waals surface area contributed by atoms with E-state index in [2.05, 4.69) is 46.1 Å². The first-order valence-electron chi connectivity index (χ1n) is 10.2. The Morgan fingerprint density at radius 2 is 1.92 bits per heavy atom. The first kappa shape index (κ1) is 19.3. The van der Waals surface area contributed by atoms with Gasteiger partial charge >= 0.3 is 0 Å². The molecule has 1 amide bonds. The van der Waals surface area contributed by atoms with E-state index in [4.69, 9.17) is 0 Å². The second-order valence-corrected chi connectivity index (χ2v) is 8.49. The van der Waals surface area contributed by atoms with Crippen molar-refractivity contribution in [3.63, 3.8) is 0 Å². The topological polar surface area (TPSA) is 48.5 Å². The average Bonchev–Trinajstić information content (AvgIpc) is 3.13. The largest absolute Gasteiger partial charge is 0.356 e. The highest BCUT2D eigenvalue weighted by atomic mass is 16.1. The molecule has 1 N–H and O–H groups in total. The fourth-order valence-corrected chi connectivity index (χ4v) is 4.28. The van der Waals surface area contributed by atoms with Crippen molar-refractivity contribution in [2.24, 2.45) is 17.8 Å². The summed E-state index contributed by atoms with van der Waals surface area (Å²) in [5.41, 5.74) is 1.28. The number of amides is 1. The highest BCUT2D eigenvalue weighted by Crippen LogP contribution is 2.25. The zero-order valence-electron chi connectivity index (χ0n) is 16.4. The van der Waals surface area contributed by atoms with Crippen molar-refractivity contribution in [3.8, 4) is 0 Å². The van der Waals surface area contributed by atoms with E-state index in [1.807, 2.05) is 12.4 Å². The minimum Gasteiger partial charge on any atom is -0.356 e. The van der Waals surface area contributed by atoms with Crippen LogP contribution in [0.5, 0.6) is 0 Å². The molecule has 0 saturated carbocycles. The Hall–Kier alpha value is -1.46. The highest BCUT2D eigenvalue weighted by molar-refractivity contribution is 5.79. The number of carbonyl (C=O) groups is 1. The van der Waals surface area contributed by atoms with Crippen LogP contribution in [0.1, 0.15) is 38.7 Å². The molecule has 3 heterocycles. The van der Waals surface area contributed by atoms with Crippen molar-refractivity contribution in [2.45, 2.75) is 39.7 Å². The molecule has 26 heavy (non-hydrogen) atoms. The first-order chi connectivity index (χ1) is 12.6. The van der Waals surface area contributed by atoms with Crippen molar-refractivity contribution in [1.82, 2.24) is 20.1 Å². The molecule has 1 aromatic rings. The lowest BCUT2D eigenvalue weighted by Crippen LogP contribution is -2.48. The molecule has 5 heteroatoms. The van der Waals surface area contributed by atoms with E-state index in [0.29, 0.717) is 11.8 Å². The molecule has 1 aromatic heterocycles. The van der Waals surface area contributed by atoms with E-state index in [9.17, 15) is 4.79 Å². The van der Waals surface area contributed by atoms with Gasteiger partial charge in [-0.2, -0.15) is 0 Å². The van der Waals surface area contributed by atoms with Crippen LogP contribution in [0.4, 0.5) is 0 Å². The van der Waals surface area contributed by atoms with Crippen molar-refractivity contribution in [2.75, 3.05) is 39.3 Å². The van der Waals surface area contributed by atoms with Crippen molar-refractivity contribution < 1.29 is 4.79 Å². The lowest BCUT2D eigenvalue weighted by Gasteiger charge is -2.38. The number of nitrogens with one attached hydrogen (secondary N) is 1. The molecule has 2 fully saturated rings. The summed E-state index contributed by atoms with van der Waals surface area (Å²) in [6.07, 6.45) is 7.38. The molecule has 2 saturated heterocycles. The van der Waals surface area contributed by atoms with Gasteiger partial charge < -0.3 is 10.2 Å². The van der Waals surface area contributed by atoms with Crippen molar-refractivity contribution >= 4 is 5.91 Å². The molecule has 2 aliphatic rings. The number of aromatic nitrogens is 1. The third-order valence-corrected chi connectivity index (χ3v) is 5.54. The van der Waals surface area contributed by atoms with Crippen LogP contribution < -0.4 is 5.32 Å². The maximum atomic E-state index is 12.7. The second kappa shape index (κ2) is 9.47. The zero-order chi connectivity index (χ0) is 18.4. The van der Waals surface area contributed by atoms with E-state index in [1.165, 1.54) is 31.5 Å². The van der Waals surface area contributed by atoms with Gasteiger partial charge in [-0.3, -0.25) is 14.7 Å². The summed E-state index contributed by atoms with van der Waals surface area (Å²) in [5, 5.41) is 3.16.